The van der Waals surface area contributed by atoms with Crippen LogP contribution in [0.5, 0.6) is 5.75 Å². The van der Waals surface area contributed by atoms with Crippen molar-refractivity contribution in [3.63, 3.8) is 0 Å². The summed E-state index contributed by atoms with van der Waals surface area (Å²) in [7, 11) is -3.37. The minimum Gasteiger partial charge on any atom is -0.487 e. The molecule has 3 heterocycles. The molecule has 0 aliphatic carbocycles. The van der Waals surface area contributed by atoms with Gasteiger partial charge in [-0.05, 0) is 31.0 Å². The van der Waals surface area contributed by atoms with E-state index in [-0.39, 0.29) is 18.9 Å². The van der Waals surface area contributed by atoms with E-state index in [0.29, 0.717) is 28.3 Å². The Balaban J connectivity index is 1.63. The highest BCUT2D eigenvalue weighted by Crippen LogP contribution is 2.30. The Morgan fingerprint density at radius 1 is 1.21 bits per heavy atom. The quantitative estimate of drug-likeness (QED) is 0.381. The molecule has 8 nitrogen and oxygen atoms in total. The molecule has 1 N–H and O–H groups in total. The lowest BCUT2D eigenvalue weighted by Gasteiger charge is -2.15. The molecule has 10 heteroatoms. The Kier molecular flexibility index (Phi) is 6.92. The molecule has 0 spiro atoms. The van der Waals surface area contributed by atoms with Gasteiger partial charge in [0.25, 0.3) is 0 Å². The van der Waals surface area contributed by atoms with E-state index in [1.54, 1.807) is 18.7 Å². The van der Waals surface area contributed by atoms with Crippen molar-refractivity contribution in [1.29, 1.82) is 0 Å². The predicted octanol–water partition coefficient (Wildman–Crippen LogP) is 4.19. The molecule has 0 bridgehead atoms. The van der Waals surface area contributed by atoms with Crippen molar-refractivity contribution in [3.8, 4) is 11.4 Å². The molecule has 0 saturated carbocycles. The van der Waals surface area contributed by atoms with E-state index in [0.717, 1.165) is 22.3 Å². The zero-order valence-electron chi connectivity index (χ0n) is 18.3. The number of hydrogen-bond donors (Lipinski definition) is 1. The number of nitrogens with zero attached hydrogens (tertiary/aromatic N) is 4. The van der Waals surface area contributed by atoms with Gasteiger partial charge in [-0.3, -0.25) is 4.98 Å². The van der Waals surface area contributed by atoms with Gasteiger partial charge in [0.1, 0.15) is 17.9 Å². The van der Waals surface area contributed by atoms with Crippen molar-refractivity contribution in [1.82, 2.24) is 24.2 Å². The largest absolute Gasteiger partial charge is 0.487 e. The summed E-state index contributed by atoms with van der Waals surface area (Å²) in [6.07, 6.45) is 9.00. The molecule has 33 heavy (non-hydrogen) atoms. The Morgan fingerprint density at radius 3 is 2.82 bits per heavy atom. The molecule has 0 amide bonds. The molecule has 0 radical (unpaired) electrons. The van der Waals surface area contributed by atoms with Crippen molar-refractivity contribution in [2.45, 2.75) is 33.4 Å². The van der Waals surface area contributed by atoms with Crippen LogP contribution in [0.4, 0.5) is 0 Å². The SMILES string of the molecule is CCCS(=O)(=O)NCc1cncc(Cl)c1COc1cccc2c(-n3ccnc3)cc(C)nc12. The number of aromatic nitrogens is 4. The number of halogens is 1. The number of hydrogen-bond acceptors (Lipinski definition) is 6. The first kappa shape index (κ1) is 23.2. The molecule has 172 valence electrons. The first-order valence-corrected chi connectivity index (χ1v) is 12.5. The molecule has 0 aliphatic rings. The van der Waals surface area contributed by atoms with Crippen LogP contribution in [0.25, 0.3) is 16.6 Å². The fraction of sp³-hybridized carbons (Fsp3) is 0.261. The Hall–Kier alpha value is -3.01. The van der Waals surface area contributed by atoms with Crippen LogP contribution < -0.4 is 9.46 Å². The molecule has 4 aromatic rings. The summed E-state index contributed by atoms with van der Waals surface area (Å²) < 4.78 is 34.8. The number of nitrogens with one attached hydrogen (secondary N) is 1. The molecule has 4 rings (SSSR count). The fourth-order valence-electron chi connectivity index (χ4n) is 3.55. The number of imidazole rings is 1. The molecular weight excluding hydrogens is 462 g/mol. The Labute approximate surface area is 197 Å². The zero-order valence-corrected chi connectivity index (χ0v) is 19.9. The van der Waals surface area contributed by atoms with E-state index in [2.05, 4.69) is 14.7 Å². The van der Waals surface area contributed by atoms with Gasteiger partial charge in [-0.2, -0.15) is 0 Å². The molecular formula is C23H24ClN5O3S. The highest BCUT2D eigenvalue weighted by Gasteiger charge is 2.15. The smallest absolute Gasteiger partial charge is 0.211 e. The van der Waals surface area contributed by atoms with Gasteiger partial charge in [0.05, 0.1) is 22.8 Å². The highest BCUT2D eigenvalue weighted by molar-refractivity contribution is 7.89. The maximum absolute atomic E-state index is 12.1. The molecule has 0 atom stereocenters. The summed E-state index contributed by atoms with van der Waals surface area (Å²) in [6, 6.07) is 7.74. The molecule has 3 aromatic heterocycles. The van der Waals surface area contributed by atoms with Crippen LogP contribution in [0.2, 0.25) is 5.02 Å². The molecule has 0 unspecified atom stereocenters. The third kappa shape index (κ3) is 5.32. The van der Waals surface area contributed by atoms with Crippen LogP contribution in [0.1, 0.15) is 30.2 Å². The second-order valence-electron chi connectivity index (χ2n) is 7.59. The minimum atomic E-state index is -3.37. The number of aryl methyl sites for hydroxylation is 1. The Bertz CT molecular complexity index is 1370. The van der Waals surface area contributed by atoms with Gasteiger partial charge in [-0.1, -0.05) is 30.7 Å². The van der Waals surface area contributed by atoms with E-state index in [1.165, 1.54) is 6.20 Å². The zero-order chi connectivity index (χ0) is 23.4. The van der Waals surface area contributed by atoms with Crippen molar-refractivity contribution in [3.05, 3.63) is 77.2 Å². The van der Waals surface area contributed by atoms with Gasteiger partial charge >= 0.3 is 0 Å². The third-order valence-corrected chi connectivity index (χ3v) is 6.97. The van der Waals surface area contributed by atoms with Gasteiger partial charge in [-0.15, -0.1) is 0 Å². The lowest BCUT2D eigenvalue weighted by Crippen LogP contribution is -2.26. The number of fused-ring (bicyclic) bond motifs is 1. The number of rotatable bonds is 9. The van der Waals surface area contributed by atoms with Crippen LogP contribution in [0.15, 0.2) is 55.4 Å². The summed E-state index contributed by atoms with van der Waals surface area (Å²) in [5.41, 5.74) is 3.84. The van der Waals surface area contributed by atoms with Crippen LogP contribution in [-0.4, -0.2) is 33.7 Å². The van der Waals surface area contributed by atoms with Crippen molar-refractivity contribution < 1.29 is 13.2 Å². The third-order valence-electron chi connectivity index (χ3n) is 5.11. The first-order chi connectivity index (χ1) is 15.9. The second kappa shape index (κ2) is 9.86. The van der Waals surface area contributed by atoms with Crippen molar-refractivity contribution >= 4 is 32.5 Å². The molecule has 0 saturated heterocycles. The van der Waals surface area contributed by atoms with Crippen LogP contribution in [-0.2, 0) is 23.2 Å². The van der Waals surface area contributed by atoms with Crippen LogP contribution in [0, 0.1) is 6.92 Å². The number of pyridine rings is 2. The monoisotopic (exact) mass is 485 g/mol. The summed E-state index contributed by atoms with van der Waals surface area (Å²) in [5.74, 6) is 0.663. The van der Waals surface area contributed by atoms with E-state index in [1.807, 2.05) is 48.9 Å². The van der Waals surface area contributed by atoms with Gasteiger partial charge in [0.2, 0.25) is 10.0 Å². The maximum Gasteiger partial charge on any atom is 0.211 e. The van der Waals surface area contributed by atoms with Crippen LogP contribution >= 0.6 is 11.6 Å². The van der Waals surface area contributed by atoms with Gasteiger partial charge < -0.3 is 9.30 Å². The van der Waals surface area contributed by atoms with E-state index >= 15 is 0 Å². The summed E-state index contributed by atoms with van der Waals surface area (Å²) in [4.78, 5) is 12.9. The summed E-state index contributed by atoms with van der Waals surface area (Å²) in [6.45, 7) is 3.97. The lowest BCUT2D eigenvalue weighted by atomic mass is 10.1. The van der Waals surface area contributed by atoms with Crippen molar-refractivity contribution in [2.75, 3.05) is 5.75 Å². The van der Waals surface area contributed by atoms with Crippen molar-refractivity contribution in [2.24, 2.45) is 0 Å². The van der Waals surface area contributed by atoms with E-state index in [4.69, 9.17) is 21.3 Å². The second-order valence-corrected chi connectivity index (χ2v) is 9.93. The minimum absolute atomic E-state index is 0.0626. The average Bonchev–Trinajstić information content (AvgIpc) is 3.31. The number of benzene rings is 1. The fourth-order valence-corrected chi connectivity index (χ4v) is 4.84. The average molecular weight is 486 g/mol. The predicted molar refractivity (Wildman–Crippen MR) is 128 cm³/mol. The number of para-hydroxylation sites is 1. The highest BCUT2D eigenvalue weighted by atomic mass is 35.5. The lowest BCUT2D eigenvalue weighted by molar-refractivity contribution is 0.308. The maximum atomic E-state index is 12.1. The summed E-state index contributed by atoms with van der Waals surface area (Å²) >= 11 is 6.40. The van der Waals surface area contributed by atoms with E-state index < -0.39 is 10.0 Å². The number of ether oxygens (including phenoxy) is 1. The molecule has 0 fully saturated rings. The van der Waals surface area contributed by atoms with E-state index in [9.17, 15) is 8.42 Å². The van der Waals surface area contributed by atoms with Crippen LogP contribution in [0.3, 0.4) is 0 Å². The number of sulfonamides is 1. The first-order valence-electron chi connectivity index (χ1n) is 10.5. The normalized spacial score (nSPS) is 11.7. The topological polar surface area (TPSA) is 99.0 Å². The van der Waals surface area contributed by atoms with Gasteiger partial charge in [0, 0.05) is 48.0 Å². The Morgan fingerprint density at radius 2 is 2.06 bits per heavy atom. The summed E-state index contributed by atoms with van der Waals surface area (Å²) in [5, 5.41) is 1.33. The van der Waals surface area contributed by atoms with Gasteiger partial charge in [0.15, 0.2) is 0 Å². The molecule has 0 aliphatic heterocycles. The standard InChI is InChI=1S/C23H24ClN5O3S/c1-3-9-33(30,31)27-12-17-11-26-13-20(24)19(17)14-32-22-6-4-5-18-21(29-8-7-25-15-29)10-16(2)28-23(18)22/h4-8,10-11,13,15,27H,3,9,12,14H2,1-2H3. The van der Waals surface area contributed by atoms with Gasteiger partial charge in [-0.25, -0.2) is 23.1 Å². The molecule has 1 aromatic carbocycles.